The topological polar surface area (TPSA) is 17.8 Å². The van der Waals surface area contributed by atoms with E-state index in [0.717, 1.165) is 11.5 Å². The predicted molar refractivity (Wildman–Crippen MR) is 65.1 cm³/mol. The molecule has 0 bridgehead atoms. The van der Waals surface area contributed by atoms with Crippen molar-refractivity contribution in [1.82, 2.24) is 9.55 Å². The minimum atomic E-state index is -1.45. The Morgan fingerprint density at radius 2 is 1.80 bits per heavy atom. The van der Waals surface area contributed by atoms with Crippen molar-refractivity contribution in [3.05, 3.63) is 17.7 Å². The van der Waals surface area contributed by atoms with Gasteiger partial charge in [-0.1, -0.05) is 41.5 Å². The minimum Gasteiger partial charge on any atom is -0.331 e. The summed E-state index contributed by atoms with van der Waals surface area (Å²) in [5.74, 6) is 0.801. The summed E-state index contributed by atoms with van der Waals surface area (Å²) in [7, 11) is 0. The van der Waals surface area contributed by atoms with E-state index in [4.69, 9.17) is 2.74 Å². The molecule has 0 atom stereocenters. The monoisotopic (exact) mass is 210 g/mol. The van der Waals surface area contributed by atoms with Gasteiger partial charge in [0.1, 0.15) is 5.82 Å². The van der Waals surface area contributed by atoms with E-state index in [-0.39, 0.29) is 5.41 Å². The largest absolute Gasteiger partial charge is 0.331 e. The van der Waals surface area contributed by atoms with Crippen LogP contribution in [0.5, 0.6) is 0 Å². The lowest BCUT2D eigenvalue weighted by Gasteiger charge is -2.26. The van der Waals surface area contributed by atoms with Crippen LogP contribution >= 0.6 is 0 Å². The molecule has 0 aliphatic heterocycles. The highest BCUT2D eigenvalue weighted by Crippen LogP contribution is 2.26. The maximum Gasteiger partial charge on any atom is 0.114 e. The lowest BCUT2D eigenvalue weighted by molar-refractivity contribution is 0.323. The number of hydrogen-bond acceptors (Lipinski definition) is 1. The van der Waals surface area contributed by atoms with Gasteiger partial charge in [0.2, 0.25) is 0 Å². The number of imidazole rings is 1. The van der Waals surface area contributed by atoms with Gasteiger partial charge in [0, 0.05) is 23.8 Å². The first-order valence-electron chi connectivity index (χ1n) is 6.44. The van der Waals surface area contributed by atoms with Crippen LogP contribution in [-0.4, -0.2) is 9.55 Å². The average molecular weight is 210 g/mol. The molecule has 0 N–H and O–H groups in total. The Balaban J connectivity index is 3.47. The highest BCUT2D eigenvalue weighted by molar-refractivity contribution is 5.11. The number of hydrogen-bond donors (Lipinski definition) is 0. The summed E-state index contributed by atoms with van der Waals surface area (Å²) in [5, 5.41) is 0. The molecule has 1 heterocycles. The van der Waals surface area contributed by atoms with Crippen LogP contribution in [0, 0.1) is 12.3 Å². The molecular formula is C13H24N2. The van der Waals surface area contributed by atoms with Gasteiger partial charge in [0.25, 0.3) is 0 Å². The van der Waals surface area contributed by atoms with E-state index < -0.39 is 11.9 Å². The molecule has 1 aromatic rings. The predicted octanol–water partition coefficient (Wildman–Crippen LogP) is 3.54. The molecule has 1 aromatic heterocycles. The molecule has 0 aromatic carbocycles. The zero-order valence-corrected chi connectivity index (χ0v) is 11.0. The Kier molecular flexibility index (Phi) is 2.30. The van der Waals surface area contributed by atoms with Crippen molar-refractivity contribution >= 4 is 0 Å². The van der Waals surface area contributed by atoms with Crippen molar-refractivity contribution in [2.75, 3.05) is 0 Å². The Morgan fingerprint density at radius 1 is 1.27 bits per heavy atom. The van der Waals surface area contributed by atoms with Gasteiger partial charge in [-0.05, 0) is 12.3 Å². The summed E-state index contributed by atoms with van der Waals surface area (Å²) < 4.78 is 18.5. The molecule has 0 unspecified atom stereocenters. The number of rotatable bonds is 1. The van der Waals surface area contributed by atoms with Crippen molar-refractivity contribution in [3.8, 4) is 0 Å². The number of aromatic nitrogens is 2. The molecule has 0 amide bonds. The van der Waals surface area contributed by atoms with Crippen molar-refractivity contribution in [3.63, 3.8) is 0 Å². The first kappa shape index (κ1) is 9.44. The van der Waals surface area contributed by atoms with E-state index in [1.807, 2.05) is 27.7 Å². The van der Waals surface area contributed by atoms with E-state index in [1.54, 1.807) is 10.8 Å². The SMILES string of the molecule is [2H]C([2H])(n1c(C)cnc1C(C)(C)C)C(C)(C)C. The summed E-state index contributed by atoms with van der Waals surface area (Å²) in [5.41, 5.74) is 0.237. The summed E-state index contributed by atoms with van der Waals surface area (Å²) in [6.45, 7) is 12.4. The Bertz CT molecular complexity index is 406. The van der Waals surface area contributed by atoms with E-state index in [9.17, 15) is 0 Å². The van der Waals surface area contributed by atoms with Crippen LogP contribution in [0.4, 0.5) is 0 Å². The maximum absolute atomic E-state index is 8.39. The van der Waals surface area contributed by atoms with Crippen molar-refractivity contribution < 1.29 is 2.74 Å². The van der Waals surface area contributed by atoms with Crippen LogP contribution < -0.4 is 0 Å². The van der Waals surface area contributed by atoms with Gasteiger partial charge < -0.3 is 4.57 Å². The molecule has 0 saturated heterocycles. The zero-order chi connectivity index (χ0) is 13.6. The lowest BCUT2D eigenvalue weighted by atomic mass is 9.93. The summed E-state index contributed by atoms with van der Waals surface area (Å²) in [6.07, 6.45) is 1.75. The molecule has 15 heavy (non-hydrogen) atoms. The van der Waals surface area contributed by atoms with Crippen LogP contribution in [0.15, 0.2) is 6.20 Å². The van der Waals surface area contributed by atoms with Crippen LogP contribution in [-0.2, 0) is 11.9 Å². The summed E-state index contributed by atoms with van der Waals surface area (Å²) in [4.78, 5) is 4.39. The molecule has 86 valence electrons. The summed E-state index contributed by atoms with van der Waals surface area (Å²) in [6, 6.07) is 0. The molecule has 0 spiro atoms. The first-order chi connectivity index (χ1) is 7.39. The van der Waals surface area contributed by atoms with Crippen LogP contribution in [0.1, 0.15) is 55.8 Å². The molecule has 2 heteroatoms. The summed E-state index contributed by atoms with van der Waals surface area (Å²) >= 11 is 0. The van der Waals surface area contributed by atoms with E-state index in [0.29, 0.717) is 0 Å². The van der Waals surface area contributed by atoms with Crippen molar-refractivity contribution in [1.29, 1.82) is 0 Å². The van der Waals surface area contributed by atoms with Crippen molar-refractivity contribution in [2.24, 2.45) is 5.41 Å². The van der Waals surface area contributed by atoms with Crippen LogP contribution in [0.2, 0.25) is 0 Å². The second kappa shape index (κ2) is 3.66. The number of aryl methyl sites for hydroxylation is 1. The van der Waals surface area contributed by atoms with Gasteiger partial charge in [-0.25, -0.2) is 4.98 Å². The van der Waals surface area contributed by atoms with Crippen LogP contribution in [0.25, 0.3) is 0 Å². The first-order valence-corrected chi connectivity index (χ1v) is 5.44. The zero-order valence-electron chi connectivity index (χ0n) is 13.0. The third-order valence-electron chi connectivity index (χ3n) is 2.06. The van der Waals surface area contributed by atoms with Gasteiger partial charge in [0.15, 0.2) is 0 Å². The Morgan fingerprint density at radius 3 is 2.20 bits per heavy atom. The second-order valence-electron chi connectivity index (χ2n) is 6.17. The molecule has 0 radical (unpaired) electrons. The normalized spacial score (nSPS) is 16.2. The fourth-order valence-corrected chi connectivity index (χ4v) is 1.44. The lowest BCUT2D eigenvalue weighted by Crippen LogP contribution is -2.24. The smallest absolute Gasteiger partial charge is 0.114 e. The standard InChI is InChI=1S/C13H24N2/c1-10-8-14-11(13(5,6)7)15(10)9-12(2,3)4/h8H,9H2,1-7H3/i9D2. The molecule has 1 rings (SSSR count). The quantitative estimate of drug-likeness (QED) is 0.693. The van der Waals surface area contributed by atoms with E-state index in [1.165, 1.54) is 0 Å². The van der Waals surface area contributed by atoms with Gasteiger partial charge in [-0.15, -0.1) is 0 Å². The van der Waals surface area contributed by atoms with Crippen LogP contribution in [0.3, 0.4) is 0 Å². The van der Waals surface area contributed by atoms with Gasteiger partial charge in [-0.3, -0.25) is 0 Å². The second-order valence-corrected chi connectivity index (χ2v) is 6.17. The number of nitrogens with zero attached hydrogens (tertiary/aromatic N) is 2. The average Bonchev–Trinajstić information content (AvgIpc) is 2.44. The molecule has 0 fully saturated rings. The van der Waals surface area contributed by atoms with Gasteiger partial charge >= 0.3 is 0 Å². The van der Waals surface area contributed by atoms with E-state index >= 15 is 0 Å². The fraction of sp³-hybridized carbons (Fsp3) is 0.769. The third kappa shape index (κ3) is 3.08. The van der Waals surface area contributed by atoms with Gasteiger partial charge in [-0.2, -0.15) is 0 Å². The highest BCUT2D eigenvalue weighted by Gasteiger charge is 2.23. The highest BCUT2D eigenvalue weighted by atomic mass is 15.1. The minimum absolute atomic E-state index is 0.160. The molecule has 0 aliphatic carbocycles. The third-order valence-corrected chi connectivity index (χ3v) is 2.06. The molecule has 0 aliphatic rings. The van der Waals surface area contributed by atoms with E-state index in [2.05, 4.69) is 25.8 Å². The van der Waals surface area contributed by atoms with Gasteiger partial charge in [0.05, 0.1) is 2.74 Å². The Labute approximate surface area is 96.5 Å². The maximum atomic E-state index is 8.39. The molecular weight excluding hydrogens is 184 g/mol. The fourth-order valence-electron chi connectivity index (χ4n) is 1.44. The van der Waals surface area contributed by atoms with Crippen molar-refractivity contribution in [2.45, 2.75) is 60.4 Å². The molecule has 2 nitrogen and oxygen atoms in total. The Hall–Kier alpha value is -0.790. The molecule has 0 saturated carbocycles.